The molecular weight excluding hydrogens is 524 g/mol. The monoisotopic (exact) mass is 550 g/mol. The fraction of sp³-hybridized carbons (Fsp3) is 0.125. The largest absolute Gasteiger partial charge is 0.366 e. The highest BCUT2D eigenvalue weighted by molar-refractivity contribution is 9.10. The third kappa shape index (κ3) is 5.00. The molecule has 5 aromatic carbocycles. The van der Waals surface area contributed by atoms with Gasteiger partial charge in [0.1, 0.15) is 0 Å². The lowest BCUT2D eigenvalue weighted by molar-refractivity contribution is 0.0604. The molecule has 5 aromatic rings. The predicted octanol–water partition coefficient (Wildman–Crippen LogP) is 7.82. The van der Waals surface area contributed by atoms with Crippen LogP contribution in [0.5, 0.6) is 0 Å². The van der Waals surface area contributed by atoms with E-state index in [-0.39, 0.29) is 23.6 Å². The summed E-state index contributed by atoms with van der Waals surface area (Å²) in [5.74, 6) is -0.753. The molecular formula is C32H27BrN2O2. The van der Waals surface area contributed by atoms with Gasteiger partial charge in [0.15, 0.2) is 0 Å². The van der Waals surface area contributed by atoms with Crippen LogP contribution < -0.4 is 5.73 Å². The first-order chi connectivity index (χ1) is 17.8. The average Bonchev–Trinajstić information content (AvgIpc) is 2.92. The Bertz CT molecular complexity index is 1560. The van der Waals surface area contributed by atoms with E-state index in [1.165, 1.54) is 0 Å². The Hall–Kier alpha value is -3.96. The Morgan fingerprint density at radius 1 is 0.649 bits per heavy atom. The van der Waals surface area contributed by atoms with Gasteiger partial charge in [0.25, 0.3) is 5.91 Å². The van der Waals surface area contributed by atoms with Gasteiger partial charge >= 0.3 is 0 Å². The highest BCUT2D eigenvalue weighted by Gasteiger charge is 2.29. The number of amides is 2. The van der Waals surface area contributed by atoms with Gasteiger partial charge < -0.3 is 10.6 Å². The maximum absolute atomic E-state index is 14.2. The van der Waals surface area contributed by atoms with Crippen LogP contribution >= 0.6 is 15.9 Å². The lowest BCUT2D eigenvalue weighted by Gasteiger charge is -2.36. The zero-order valence-electron chi connectivity index (χ0n) is 20.7. The summed E-state index contributed by atoms with van der Waals surface area (Å²) in [5.41, 5.74) is 8.31. The summed E-state index contributed by atoms with van der Waals surface area (Å²) in [7, 11) is 0. The van der Waals surface area contributed by atoms with Crippen LogP contribution in [-0.4, -0.2) is 16.7 Å². The number of nitrogens with two attached hydrogens (primary N) is 1. The van der Waals surface area contributed by atoms with Gasteiger partial charge in [-0.05, 0) is 76.9 Å². The average molecular weight is 551 g/mol. The number of hydrogen-bond donors (Lipinski definition) is 1. The van der Waals surface area contributed by atoms with E-state index in [1.54, 1.807) is 18.2 Å². The molecule has 2 atom stereocenters. The molecule has 0 fully saturated rings. The third-order valence-corrected chi connectivity index (χ3v) is 7.47. The van der Waals surface area contributed by atoms with Crippen molar-refractivity contribution < 1.29 is 9.59 Å². The first-order valence-corrected chi connectivity index (χ1v) is 13.0. The van der Waals surface area contributed by atoms with E-state index in [9.17, 15) is 9.59 Å². The summed E-state index contributed by atoms with van der Waals surface area (Å²) in [6.07, 6.45) is 0. The lowest BCUT2D eigenvalue weighted by atomic mass is 9.96. The van der Waals surface area contributed by atoms with Crippen LogP contribution in [-0.2, 0) is 0 Å². The van der Waals surface area contributed by atoms with Crippen molar-refractivity contribution in [3.63, 3.8) is 0 Å². The van der Waals surface area contributed by atoms with Gasteiger partial charge in [0.2, 0.25) is 5.91 Å². The zero-order chi connectivity index (χ0) is 26.1. The standard InChI is InChI=1S/C32H27BrN2O2/c1-20(24-13-11-22-7-3-5-9-26(22)15-24)35(32(37)29-17-28(31(34)36)18-30(33)19-29)21(2)25-14-12-23-8-4-6-10-27(23)16-25/h3-21H,1-2H3,(H2,34,36)/t20-,21-/m1/s1. The summed E-state index contributed by atoms with van der Waals surface area (Å²) in [4.78, 5) is 28.0. The molecule has 0 aliphatic rings. The molecule has 0 aromatic heterocycles. The molecule has 0 aliphatic carbocycles. The molecule has 0 saturated heterocycles. The maximum Gasteiger partial charge on any atom is 0.254 e. The molecule has 0 spiro atoms. The van der Waals surface area contributed by atoms with E-state index in [4.69, 9.17) is 5.73 Å². The lowest BCUT2D eigenvalue weighted by Crippen LogP contribution is -2.36. The molecule has 0 radical (unpaired) electrons. The first kappa shape index (κ1) is 24.7. The second-order valence-corrected chi connectivity index (χ2v) is 10.3. The molecule has 184 valence electrons. The number of carbonyl (C=O) groups is 2. The molecule has 0 heterocycles. The SMILES string of the molecule is C[C@H](c1ccc2ccccc2c1)N(C(=O)c1cc(Br)cc(C(N)=O)c1)[C@H](C)c1ccc2ccccc2c1. The first-order valence-electron chi connectivity index (χ1n) is 12.2. The molecule has 4 nitrogen and oxygen atoms in total. The quantitative estimate of drug-likeness (QED) is 0.234. The fourth-order valence-electron chi connectivity index (χ4n) is 4.95. The smallest absolute Gasteiger partial charge is 0.254 e. The maximum atomic E-state index is 14.2. The Labute approximate surface area is 224 Å². The summed E-state index contributed by atoms with van der Waals surface area (Å²) in [5, 5.41) is 4.54. The fourth-order valence-corrected chi connectivity index (χ4v) is 5.44. The van der Waals surface area contributed by atoms with E-state index in [0.717, 1.165) is 32.7 Å². The number of halogens is 1. The molecule has 0 aliphatic heterocycles. The molecule has 2 amide bonds. The van der Waals surface area contributed by atoms with Gasteiger partial charge in [-0.25, -0.2) is 0 Å². The predicted molar refractivity (Wildman–Crippen MR) is 154 cm³/mol. The second-order valence-electron chi connectivity index (χ2n) is 9.37. The van der Waals surface area contributed by atoms with Gasteiger partial charge in [0, 0.05) is 15.6 Å². The molecule has 5 heteroatoms. The van der Waals surface area contributed by atoms with Gasteiger partial charge in [0.05, 0.1) is 12.1 Å². The normalized spacial score (nSPS) is 12.8. The minimum absolute atomic E-state index is 0.176. The second kappa shape index (κ2) is 10.2. The van der Waals surface area contributed by atoms with Crippen molar-refractivity contribution in [1.29, 1.82) is 0 Å². The van der Waals surface area contributed by atoms with Crippen LogP contribution in [0.25, 0.3) is 21.5 Å². The van der Waals surface area contributed by atoms with Gasteiger partial charge in [-0.15, -0.1) is 0 Å². The van der Waals surface area contributed by atoms with Crippen LogP contribution in [0.1, 0.15) is 57.8 Å². The minimum Gasteiger partial charge on any atom is -0.366 e. The van der Waals surface area contributed by atoms with Crippen molar-refractivity contribution in [2.45, 2.75) is 25.9 Å². The van der Waals surface area contributed by atoms with Gasteiger partial charge in [-0.3, -0.25) is 9.59 Å². The van der Waals surface area contributed by atoms with Gasteiger partial charge in [-0.2, -0.15) is 0 Å². The number of rotatable bonds is 6. The summed E-state index contributed by atoms with van der Waals surface area (Å²) >= 11 is 3.44. The van der Waals surface area contributed by atoms with E-state index in [2.05, 4.69) is 76.6 Å². The van der Waals surface area contributed by atoms with E-state index < -0.39 is 5.91 Å². The van der Waals surface area contributed by atoms with E-state index in [1.807, 2.05) is 43.0 Å². The van der Waals surface area contributed by atoms with Crippen LogP contribution in [0, 0.1) is 0 Å². The van der Waals surface area contributed by atoms with Crippen molar-refractivity contribution in [3.05, 3.63) is 130 Å². The minimum atomic E-state index is -0.577. The van der Waals surface area contributed by atoms with Crippen LogP contribution in [0.2, 0.25) is 0 Å². The number of carbonyl (C=O) groups excluding carboxylic acids is 2. The third-order valence-electron chi connectivity index (χ3n) is 7.01. The summed E-state index contributed by atoms with van der Waals surface area (Å²) in [6.45, 7) is 4.10. The molecule has 0 unspecified atom stereocenters. The molecule has 5 rings (SSSR count). The number of hydrogen-bond acceptors (Lipinski definition) is 2. The van der Waals surface area contributed by atoms with Crippen LogP contribution in [0.4, 0.5) is 0 Å². The Balaban J connectivity index is 1.62. The Morgan fingerprint density at radius 2 is 1.11 bits per heavy atom. The van der Waals surface area contributed by atoms with Crippen LogP contribution in [0.15, 0.2) is 108 Å². The number of nitrogens with zero attached hydrogens (tertiary/aromatic N) is 1. The molecule has 0 bridgehead atoms. The van der Waals surface area contributed by atoms with Crippen molar-refractivity contribution >= 4 is 49.3 Å². The summed E-state index contributed by atoms with van der Waals surface area (Å²) in [6, 6.07) is 33.5. The van der Waals surface area contributed by atoms with Crippen molar-refractivity contribution in [2.24, 2.45) is 5.73 Å². The zero-order valence-corrected chi connectivity index (χ0v) is 22.3. The number of fused-ring (bicyclic) bond motifs is 2. The Kier molecular flexibility index (Phi) is 6.81. The van der Waals surface area contributed by atoms with E-state index >= 15 is 0 Å². The number of primary amides is 1. The molecule has 2 N–H and O–H groups in total. The van der Waals surface area contributed by atoms with Crippen molar-refractivity contribution in [3.8, 4) is 0 Å². The Morgan fingerprint density at radius 3 is 1.59 bits per heavy atom. The molecule has 37 heavy (non-hydrogen) atoms. The van der Waals surface area contributed by atoms with Crippen molar-refractivity contribution in [1.82, 2.24) is 4.90 Å². The van der Waals surface area contributed by atoms with E-state index in [0.29, 0.717) is 10.0 Å². The van der Waals surface area contributed by atoms with Crippen LogP contribution in [0.3, 0.4) is 0 Å². The van der Waals surface area contributed by atoms with Crippen molar-refractivity contribution in [2.75, 3.05) is 0 Å². The number of benzene rings is 5. The summed E-state index contributed by atoms with van der Waals surface area (Å²) < 4.78 is 0.629. The topological polar surface area (TPSA) is 63.4 Å². The molecule has 0 saturated carbocycles. The highest BCUT2D eigenvalue weighted by Crippen LogP contribution is 2.35. The highest BCUT2D eigenvalue weighted by atomic mass is 79.9. The van der Waals surface area contributed by atoms with Gasteiger partial charge in [-0.1, -0.05) is 88.7 Å².